The van der Waals surface area contributed by atoms with Crippen LogP contribution < -0.4 is 5.32 Å². The first-order valence-corrected chi connectivity index (χ1v) is 8.27. The third-order valence-corrected chi connectivity index (χ3v) is 3.34. The molecule has 1 rings (SSSR count). The van der Waals surface area contributed by atoms with Crippen LogP contribution in [0.5, 0.6) is 0 Å². The predicted molar refractivity (Wildman–Crippen MR) is 91.1 cm³/mol. The van der Waals surface area contributed by atoms with E-state index in [1.54, 1.807) is 6.92 Å². The van der Waals surface area contributed by atoms with E-state index in [1.807, 2.05) is 27.7 Å². The van der Waals surface area contributed by atoms with Crippen LogP contribution in [0.4, 0.5) is 0 Å². The zero-order valence-electron chi connectivity index (χ0n) is 15.4. The summed E-state index contributed by atoms with van der Waals surface area (Å²) in [5.74, 6) is -1.12. The maximum atomic E-state index is 12.0. The molecule has 2 N–H and O–H groups in total. The van der Waals surface area contributed by atoms with Crippen LogP contribution in [0.2, 0.25) is 0 Å². The highest BCUT2D eigenvalue weighted by atomic mass is 16.7. The number of nitrogens with one attached hydrogen (secondary N) is 2. The highest BCUT2D eigenvalue weighted by Crippen LogP contribution is 2.21. The molecule has 138 valence electrons. The van der Waals surface area contributed by atoms with Crippen molar-refractivity contribution in [3.63, 3.8) is 0 Å². The fourth-order valence-corrected chi connectivity index (χ4v) is 2.02. The number of carbonyl (C=O) groups is 1. The van der Waals surface area contributed by atoms with Crippen LogP contribution in [0.3, 0.4) is 0 Å². The molecule has 0 amide bonds. The van der Waals surface area contributed by atoms with Gasteiger partial charge in [-0.1, -0.05) is 0 Å². The summed E-state index contributed by atoms with van der Waals surface area (Å²) in [6.07, 6.45) is 2.14. The minimum atomic E-state index is -0.589. The van der Waals surface area contributed by atoms with Gasteiger partial charge in [-0.25, -0.2) is 4.79 Å². The first kappa shape index (κ1) is 20.6. The fourth-order valence-electron chi connectivity index (χ4n) is 2.02. The standard InChI is InChI=1S/C17H30N2O5/c1-6-21-15(20)13(14(18)12-24-16(2,3)4)11-19-8-7-17(5)22-9-10-23-17/h11,18-19H,6-10,12H2,1-5H3/b13-11+,18-14?. The van der Waals surface area contributed by atoms with E-state index in [9.17, 15) is 4.79 Å². The van der Waals surface area contributed by atoms with E-state index in [1.165, 1.54) is 6.20 Å². The molecule has 0 atom stereocenters. The van der Waals surface area contributed by atoms with Crippen LogP contribution in [0.1, 0.15) is 41.0 Å². The molecule has 0 unspecified atom stereocenters. The van der Waals surface area contributed by atoms with E-state index < -0.39 is 11.8 Å². The molecule has 1 aliphatic rings. The number of hydrogen-bond acceptors (Lipinski definition) is 7. The van der Waals surface area contributed by atoms with Crippen molar-refractivity contribution in [2.45, 2.75) is 52.4 Å². The van der Waals surface area contributed by atoms with Crippen molar-refractivity contribution in [2.24, 2.45) is 0 Å². The third kappa shape index (κ3) is 7.42. The lowest BCUT2D eigenvalue weighted by atomic mass is 10.1. The van der Waals surface area contributed by atoms with Crippen LogP contribution in [0.25, 0.3) is 0 Å². The van der Waals surface area contributed by atoms with E-state index in [2.05, 4.69) is 5.32 Å². The third-order valence-electron chi connectivity index (χ3n) is 3.34. The quantitative estimate of drug-likeness (QED) is 0.288. The zero-order valence-corrected chi connectivity index (χ0v) is 15.4. The Labute approximate surface area is 144 Å². The topological polar surface area (TPSA) is 89.9 Å². The normalized spacial score (nSPS) is 17.6. The van der Waals surface area contributed by atoms with Crippen molar-refractivity contribution in [1.29, 1.82) is 5.41 Å². The highest BCUT2D eigenvalue weighted by Gasteiger charge is 2.30. The minimum Gasteiger partial charge on any atom is -0.462 e. The lowest BCUT2D eigenvalue weighted by molar-refractivity contribution is -0.145. The van der Waals surface area contributed by atoms with Gasteiger partial charge in [-0.15, -0.1) is 0 Å². The Kier molecular flexibility index (Phi) is 7.86. The van der Waals surface area contributed by atoms with Gasteiger partial charge in [0.1, 0.15) is 0 Å². The van der Waals surface area contributed by atoms with Crippen molar-refractivity contribution in [3.8, 4) is 0 Å². The minimum absolute atomic E-state index is 0.0414. The second kappa shape index (κ2) is 9.15. The summed E-state index contributed by atoms with van der Waals surface area (Å²) in [7, 11) is 0. The van der Waals surface area contributed by atoms with Crippen molar-refractivity contribution < 1.29 is 23.7 Å². The first-order chi connectivity index (χ1) is 11.2. The Morgan fingerprint density at radius 1 is 1.33 bits per heavy atom. The van der Waals surface area contributed by atoms with Gasteiger partial charge in [-0.3, -0.25) is 0 Å². The summed E-state index contributed by atoms with van der Waals surface area (Å²) < 4.78 is 21.6. The van der Waals surface area contributed by atoms with Crippen LogP contribution in [0.15, 0.2) is 11.8 Å². The van der Waals surface area contributed by atoms with Crippen molar-refractivity contribution in [3.05, 3.63) is 11.8 Å². The summed E-state index contributed by atoms with van der Waals surface area (Å²) in [5, 5.41) is 11.1. The van der Waals surface area contributed by atoms with Gasteiger partial charge in [0, 0.05) is 19.2 Å². The molecular weight excluding hydrogens is 312 g/mol. The van der Waals surface area contributed by atoms with Crippen LogP contribution in [-0.2, 0) is 23.7 Å². The van der Waals surface area contributed by atoms with Gasteiger partial charge >= 0.3 is 5.97 Å². The maximum absolute atomic E-state index is 12.0. The van der Waals surface area contributed by atoms with E-state index in [-0.39, 0.29) is 30.1 Å². The molecule has 0 radical (unpaired) electrons. The summed E-state index contributed by atoms with van der Waals surface area (Å²) >= 11 is 0. The molecule has 0 aromatic rings. The summed E-state index contributed by atoms with van der Waals surface area (Å²) in [5.41, 5.74) is -0.138. The molecule has 1 aliphatic heterocycles. The largest absolute Gasteiger partial charge is 0.462 e. The molecule has 7 nitrogen and oxygen atoms in total. The average Bonchev–Trinajstić information content (AvgIpc) is 2.91. The summed E-state index contributed by atoms with van der Waals surface area (Å²) in [6.45, 7) is 11.3. The second-order valence-corrected chi connectivity index (χ2v) is 6.69. The van der Waals surface area contributed by atoms with E-state index >= 15 is 0 Å². The van der Waals surface area contributed by atoms with E-state index in [0.29, 0.717) is 26.2 Å². The van der Waals surface area contributed by atoms with Gasteiger partial charge in [0.2, 0.25) is 0 Å². The first-order valence-electron chi connectivity index (χ1n) is 8.27. The molecule has 7 heteroatoms. The van der Waals surface area contributed by atoms with Crippen LogP contribution in [0, 0.1) is 5.41 Å². The van der Waals surface area contributed by atoms with Crippen LogP contribution in [-0.4, -0.2) is 56.0 Å². The smallest absolute Gasteiger partial charge is 0.341 e. The van der Waals surface area contributed by atoms with Crippen molar-refractivity contribution in [1.82, 2.24) is 5.32 Å². The predicted octanol–water partition coefficient (Wildman–Crippen LogP) is 2.01. The monoisotopic (exact) mass is 342 g/mol. The number of carbonyl (C=O) groups excluding carboxylic acids is 1. The molecule has 0 bridgehead atoms. The molecule has 0 spiro atoms. The SMILES string of the molecule is CCOC(=O)/C(=C/NCCC1(C)OCCO1)C(=N)COC(C)(C)C. The Bertz CT molecular complexity index is 462. The van der Waals surface area contributed by atoms with Gasteiger partial charge in [-0.2, -0.15) is 0 Å². The van der Waals surface area contributed by atoms with Crippen LogP contribution >= 0.6 is 0 Å². The Morgan fingerprint density at radius 3 is 2.50 bits per heavy atom. The van der Waals surface area contributed by atoms with E-state index in [4.69, 9.17) is 24.4 Å². The molecule has 1 heterocycles. The Balaban J connectivity index is 2.59. The fraction of sp³-hybridized carbons (Fsp3) is 0.765. The average molecular weight is 342 g/mol. The number of esters is 1. The molecule has 0 aromatic heterocycles. The van der Waals surface area contributed by atoms with Gasteiger partial charge < -0.3 is 29.7 Å². The van der Waals surface area contributed by atoms with Gasteiger partial charge in [-0.05, 0) is 34.6 Å². The molecule has 0 aliphatic carbocycles. The highest BCUT2D eigenvalue weighted by molar-refractivity contribution is 6.19. The number of rotatable bonds is 9. The Morgan fingerprint density at radius 2 is 1.96 bits per heavy atom. The molecular formula is C17H30N2O5. The summed E-state index contributed by atoms with van der Waals surface area (Å²) in [6, 6.07) is 0. The van der Waals surface area contributed by atoms with Crippen molar-refractivity contribution >= 4 is 11.7 Å². The number of ether oxygens (including phenoxy) is 4. The Hall–Kier alpha value is -1.44. The van der Waals surface area contributed by atoms with Gasteiger partial charge in [0.05, 0.1) is 43.3 Å². The molecule has 24 heavy (non-hydrogen) atoms. The van der Waals surface area contributed by atoms with Crippen molar-refractivity contribution in [2.75, 3.05) is 33.0 Å². The molecule has 0 aromatic carbocycles. The molecule has 1 fully saturated rings. The summed E-state index contributed by atoms with van der Waals surface area (Å²) in [4.78, 5) is 12.0. The lowest BCUT2D eigenvalue weighted by Crippen LogP contribution is -2.31. The molecule has 0 saturated carbocycles. The van der Waals surface area contributed by atoms with Gasteiger partial charge in [0.25, 0.3) is 0 Å². The number of hydrogen-bond donors (Lipinski definition) is 2. The second-order valence-electron chi connectivity index (χ2n) is 6.69. The lowest BCUT2D eigenvalue weighted by Gasteiger charge is -2.22. The van der Waals surface area contributed by atoms with E-state index in [0.717, 1.165) is 0 Å². The zero-order chi connectivity index (χ0) is 18.2. The van der Waals surface area contributed by atoms with Gasteiger partial charge in [0.15, 0.2) is 5.79 Å². The molecule has 1 saturated heterocycles. The maximum Gasteiger partial charge on any atom is 0.341 e.